The first-order chi connectivity index (χ1) is 19.1. The SMILES string of the molecule is Nc1nc2c(c(=O)n1C(Cc1ccccc1)c1ccccc1)CCN(C(=O)Oc1ccc(C(F)(F)F)cc1F)C2. The summed E-state index contributed by atoms with van der Waals surface area (Å²) in [6.07, 6.45) is -5.09. The summed E-state index contributed by atoms with van der Waals surface area (Å²) in [6.45, 7) is -0.0744. The van der Waals surface area contributed by atoms with Crippen LogP contribution in [0.2, 0.25) is 0 Å². The molecule has 0 spiro atoms. The fourth-order valence-corrected chi connectivity index (χ4v) is 4.77. The van der Waals surface area contributed by atoms with Gasteiger partial charge in [0.05, 0.1) is 23.8 Å². The van der Waals surface area contributed by atoms with Crippen LogP contribution in [0.15, 0.2) is 83.7 Å². The number of nitrogen functional groups attached to an aromatic ring is 1. The molecule has 40 heavy (non-hydrogen) atoms. The van der Waals surface area contributed by atoms with Gasteiger partial charge in [0.2, 0.25) is 5.95 Å². The Morgan fingerprint density at radius 2 is 1.70 bits per heavy atom. The molecule has 2 N–H and O–H groups in total. The number of ether oxygens (including phenoxy) is 1. The number of alkyl halides is 3. The first-order valence-electron chi connectivity index (χ1n) is 12.4. The molecule has 0 radical (unpaired) electrons. The zero-order valence-electron chi connectivity index (χ0n) is 21.1. The number of carbonyl (C=O) groups is 1. The van der Waals surface area contributed by atoms with Crippen LogP contribution in [-0.2, 0) is 25.6 Å². The Morgan fingerprint density at radius 1 is 1.02 bits per heavy atom. The van der Waals surface area contributed by atoms with E-state index in [1.165, 1.54) is 9.47 Å². The maximum absolute atomic E-state index is 14.2. The number of halogens is 4. The van der Waals surface area contributed by atoms with E-state index in [1.54, 1.807) is 0 Å². The molecule has 1 aliphatic rings. The molecule has 0 fully saturated rings. The minimum Gasteiger partial charge on any atom is -0.407 e. The largest absolute Gasteiger partial charge is 0.416 e. The molecule has 0 aliphatic carbocycles. The second-order valence-electron chi connectivity index (χ2n) is 9.37. The number of benzene rings is 3. The fraction of sp³-hybridized carbons (Fsp3) is 0.207. The van der Waals surface area contributed by atoms with Crippen LogP contribution in [0.5, 0.6) is 5.75 Å². The smallest absolute Gasteiger partial charge is 0.407 e. The number of anilines is 1. The van der Waals surface area contributed by atoms with Crippen molar-refractivity contribution in [1.29, 1.82) is 0 Å². The third-order valence-electron chi connectivity index (χ3n) is 6.78. The molecule has 11 heteroatoms. The summed E-state index contributed by atoms with van der Waals surface area (Å²) in [5.41, 5.74) is 7.36. The van der Waals surface area contributed by atoms with Crippen LogP contribution in [0, 0.1) is 5.82 Å². The first-order valence-corrected chi connectivity index (χ1v) is 12.4. The van der Waals surface area contributed by atoms with Gasteiger partial charge in [-0.05, 0) is 42.2 Å². The molecule has 0 bridgehead atoms. The van der Waals surface area contributed by atoms with E-state index in [0.29, 0.717) is 18.1 Å². The van der Waals surface area contributed by atoms with Crippen molar-refractivity contribution in [2.24, 2.45) is 0 Å². The Labute approximate surface area is 226 Å². The standard InChI is InChI=1S/C29H24F4N4O3/c30-22-16-20(29(31,32)33)11-12-25(22)40-28(39)36-14-13-21-23(17-36)35-27(34)37(26(21)38)24(19-9-5-2-6-10-19)15-18-7-3-1-4-8-18/h1-12,16,24H,13-15,17H2,(H2,34,35). The number of aromatic nitrogens is 2. The maximum atomic E-state index is 14.2. The number of nitrogens with zero attached hydrogens (tertiary/aromatic N) is 3. The minimum absolute atomic E-state index is 0.0301. The van der Waals surface area contributed by atoms with E-state index in [9.17, 15) is 27.2 Å². The Hall–Kier alpha value is -4.67. The van der Waals surface area contributed by atoms with Crippen molar-refractivity contribution in [2.45, 2.75) is 31.6 Å². The van der Waals surface area contributed by atoms with Gasteiger partial charge in [-0.25, -0.2) is 14.2 Å². The quantitative estimate of drug-likeness (QED) is 0.336. The van der Waals surface area contributed by atoms with Gasteiger partial charge < -0.3 is 15.4 Å². The molecular formula is C29H24F4N4O3. The van der Waals surface area contributed by atoms with Gasteiger partial charge in [-0.1, -0.05) is 60.7 Å². The summed E-state index contributed by atoms with van der Waals surface area (Å²) >= 11 is 0. The monoisotopic (exact) mass is 552 g/mol. The average molecular weight is 553 g/mol. The Morgan fingerprint density at radius 3 is 2.35 bits per heavy atom. The van der Waals surface area contributed by atoms with Gasteiger partial charge in [0.25, 0.3) is 5.56 Å². The summed E-state index contributed by atoms with van der Waals surface area (Å²) in [5.74, 6) is -1.99. The van der Waals surface area contributed by atoms with E-state index >= 15 is 0 Å². The number of nitrogens with two attached hydrogens (primary N) is 1. The van der Waals surface area contributed by atoms with Crippen molar-refractivity contribution < 1.29 is 27.1 Å². The predicted molar refractivity (Wildman–Crippen MR) is 139 cm³/mol. The van der Waals surface area contributed by atoms with Crippen molar-refractivity contribution in [3.05, 3.63) is 123 Å². The summed E-state index contributed by atoms with van der Waals surface area (Å²) in [6, 6.07) is 20.3. The van der Waals surface area contributed by atoms with E-state index in [4.69, 9.17) is 10.5 Å². The summed E-state index contributed by atoms with van der Waals surface area (Å²) in [4.78, 5) is 32.1. The second kappa shape index (κ2) is 10.8. The highest BCUT2D eigenvalue weighted by Gasteiger charge is 2.33. The van der Waals surface area contributed by atoms with Crippen LogP contribution >= 0.6 is 0 Å². The van der Waals surface area contributed by atoms with Crippen LogP contribution < -0.4 is 16.0 Å². The Kier molecular flexibility index (Phi) is 7.29. The van der Waals surface area contributed by atoms with E-state index in [1.807, 2.05) is 60.7 Å². The molecule has 2 heterocycles. The Balaban J connectivity index is 1.41. The molecule has 1 amide bonds. The van der Waals surface area contributed by atoms with Crippen molar-refractivity contribution in [2.75, 3.05) is 12.3 Å². The molecular weight excluding hydrogens is 528 g/mol. The van der Waals surface area contributed by atoms with Crippen LogP contribution in [0.3, 0.4) is 0 Å². The van der Waals surface area contributed by atoms with Crippen LogP contribution in [0.1, 0.15) is 34.0 Å². The van der Waals surface area contributed by atoms with E-state index < -0.39 is 35.4 Å². The molecule has 5 rings (SSSR count). The summed E-state index contributed by atoms with van der Waals surface area (Å²) in [7, 11) is 0. The molecule has 1 aromatic heterocycles. The third-order valence-corrected chi connectivity index (χ3v) is 6.78. The molecule has 1 unspecified atom stereocenters. The zero-order chi connectivity index (χ0) is 28.4. The fourth-order valence-electron chi connectivity index (χ4n) is 4.77. The van der Waals surface area contributed by atoms with Crippen LogP contribution in [-0.4, -0.2) is 27.1 Å². The summed E-state index contributed by atoms with van der Waals surface area (Å²) in [5, 5.41) is 0. The highest BCUT2D eigenvalue weighted by Crippen LogP contribution is 2.32. The summed E-state index contributed by atoms with van der Waals surface area (Å²) < 4.78 is 59.1. The lowest BCUT2D eigenvalue weighted by Crippen LogP contribution is -2.43. The predicted octanol–water partition coefficient (Wildman–Crippen LogP) is 5.37. The zero-order valence-corrected chi connectivity index (χ0v) is 21.1. The molecule has 1 atom stereocenters. The molecule has 206 valence electrons. The van der Waals surface area contributed by atoms with Crippen molar-refractivity contribution in [1.82, 2.24) is 14.5 Å². The third kappa shape index (κ3) is 5.54. The molecule has 4 aromatic rings. The average Bonchev–Trinajstić information content (AvgIpc) is 2.93. The van der Waals surface area contributed by atoms with Crippen molar-refractivity contribution >= 4 is 12.0 Å². The minimum atomic E-state index is -4.74. The molecule has 0 saturated heterocycles. The van der Waals surface area contributed by atoms with Crippen molar-refractivity contribution in [3.63, 3.8) is 0 Å². The molecule has 1 aliphatic heterocycles. The van der Waals surface area contributed by atoms with Gasteiger partial charge in [-0.3, -0.25) is 9.36 Å². The van der Waals surface area contributed by atoms with E-state index in [2.05, 4.69) is 4.98 Å². The normalized spacial score (nSPS) is 13.9. The van der Waals surface area contributed by atoms with Gasteiger partial charge in [0, 0.05) is 12.1 Å². The van der Waals surface area contributed by atoms with Gasteiger partial charge in [-0.2, -0.15) is 13.2 Å². The van der Waals surface area contributed by atoms with E-state index in [-0.39, 0.29) is 42.8 Å². The maximum Gasteiger partial charge on any atom is 0.416 e. The highest BCUT2D eigenvalue weighted by molar-refractivity contribution is 5.71. The Bertz CT molecular complexity index is 1590. The highest BCUT2D eigenvalue weighted by atomic mass is 19.4. The van der Waals surface area contributed by atoms with Gasteiger partial charge in [0.15, 0.2) is 11.6 Å². The van der Waals surface area contributed by atoms with Crippen LogP contribution in [0.4, 0.5) is 28.3 Å². The number of hydrogen-bond donors (Lipinski definition) is 1. The lowest BCUT2D eigenvalue weighted by molar-refractivity contribution is -0.137. The topological polar surface area (TPSA) is 90.5 Å². The van der Waals surface area contributed by atoms with Gasteiger partial charge in [-0.15, -0.1) is 0 Å². The number of hydrogen-bond acceptors (Lipinski definition) is 5. The number of rotatable bonds is 5. The molecule has 0 saturated carbocycles. The lowest BCUT2D eigenvalue weighted by Gasteiger charge is -2.29. The number of fused-ring (bicyclic) bond motifs is 1. The van der Waals surface area contributed by atoms with Gasteiger partial charge >= 0.3 is 12.3 Å². The molecule has 3 aromatic carbocycles. The van der Waals surface area contributed by atoms with Crippen LogP contribution in [0.25, 0.3) is 0 Å². The van der Waals surface area contributed by atoms with Gasteiger partial charge in [0.1, 0.15) is 0 Å². The van der Waals surface area contributed by atoms with E-state index in [0.717, 1.165) is 17.2 Å². The molecule has 7 nitrogen and oxygen atoms in total. The first kappa shape index (κ1) is 26.9. The lowest BCUT2D eigenvalue weighted by atomic mass is 9.98. The number of carbonyl (C=O) groups excluding carboxylic acids is 1. The number of amides is 1. The van der Waals surface area contributed by atoms with Crippen molar-refractivity contribution in [3.8, 4) is 5.75 Å². The second-order valence-corrected chi connectivity index (χ2v) is 9.37.